The Balaban J connectivity index is 2.04. The highest BCUT2D eigenvalue weighted by Gasteiger charge is 2.24. The van der Waals surface area contributed by atoms with E-state index in [4.69, 9.17) is 11.6 Å². The molecule has 3 heteroatoms. The maximum absolute atomic E-state index is 9.30. The Hall–Kier alpha value is -1.04. The highest BCUT2D eigenvalue weighted by atomic mass is 35.5. The first kappa shape index (κ1) is 14.4. The zero-order valence-electron chi connectivity index (χ0n) is 11.4. The Kier molecular flexibility index (Phi) is 5.24. The van der Waals surface area contributed by atoms with Gasteiger partial charge in [-0.05, 0) is 37.5 Å². The molecule has 1 fully saturated rings. The summed E-state index contributed by atoms with van der Waals surface area (Å²) >= 11 is 6.03. The minimum Gasteiger partial charge on any atom is -0.306 e. The van der Waals surface area contributed by atoms with Crippen LogP contribution in [0, 0.1) is 17.2 Å². The molecular formula is C16H21ClN2. The van der Waals surface area contributed by atoms with Gasteiger partial charge in [-0.15, -0.1) is 0 Å². The molecule has 0 aliphatic heterocycles. The van der Waals surface area contributed by atoms with Gasteiger partial charge < -0.3 is 5.32 Å². The first-order valence-electron chi connectivity index (χ1n) is 7.12. The van der Waals surface area contributed by atoms with Crippen LogP contribution in [0.25, 0.3) is 0 Å². The fourth-order valence-corrected chi connectivity index (χ4v) is 3.05. The van der Waals surface area contributed by atoms with Gasteiger partial charge in [-0.2, -0.15) is 5.26 Å². The molecule has 1 aromatic rings. The van der Waals surface area contributed by atoms with Crippen molar-refractivity contribution in [2.45, 2.75) is 51.1 Å². The monoisotopic (exact) mass is 276 g/mol. The van der Waals surface area contributed by atoms with Crippen LogP contribution in [-0.4, -0.2) is 6.04 Å². The fraction of sp³-hybridized carbons (Fsp3) is 0.562. The molecule has 19 heavy (non-hydrogen) atoms. The van der Waals surface area contributed by atoms with Crippen LogP contribution in [0.15, 0.2) is 24.3 Å². The molecule has 3 atom stereocenters. The van der Waals surface area contributed by atoms with Crippen LogP contribution in [0.3, 0.4) is 0 Å². The Morgan fingerprint density at radius 3 is 2.84 bits per heavy atom. The summed E-state index contributed by atoms with van der Waals surface area (Å²) in [6.07, 6.45) is 5.78. The van der Waals surface area contributed by atoms with E-state index >= 15 is 0 Å². The van der Waals surface area contributed by atoms with Crippen molar-refractivity contribution in [3.8, 4) is 6.07 Å². The van der Waals surface area contributed by atoms with Gasteiger partial charge in [0.2, 0.25) is 0 Å². The highest BCUT2D eigenvalue weighted by Crippen LogP contribution is 2.26. The molecule has 2 rings (SSSR count). The normalized spacial score (nSPS) is 25.3. The van der Waals surface area contributed by atoms with E-state index < -0.39 is 0 Å². The van der Waals surface area contributed by atoms with Crippen molar-refractivity contribution in [3.63, 3.8) is 0 Å². The predicted molar refractivity (Wildman–Crippen MR) is 79.0 cm³/mol. The molecule has 2 unspecified atom stereocenters. The van der Waals surface area contributed by atoms with E-state index in [1.165, 1.54) is 24.8 Å². The lowest BCUT2D eigenvalue weighted by molar-refractivity contribution is 0.361. The third-order valence-corrected chi connectivity index (χ3v) is 4.23. The highest BCUT2D eigenvalue weighted by molar-refractivity contribution is 6.30. The average molecular weight is 277 g/mol. The van der Waals surface area contributed by atoms with Crippen molar-refractivity contribution in [1.82, 2.24) is 5.32 Å². The van der Waals surface area contributed by atoms with Gasteiger partial charge in [0.1, 0.15) is 0 Å². The van der Waals surface area contributed by atoms with Crippen molar-refractivity contribution in [2.75, 3.05) is 0 Å². The third-order valence-electron chi connectivity index (χ3n) is 3.99. The Morgan fingerprint density at radius 2 is 2.11 bits per heavy atom. The Labute approximate surface area is 120 Å². The Bertz CT molecular complexity index is 452. The molecule has 0 radical (unpaired) electrons. The van der Waals surface area contributed by atoms with Crippen LogP contribution >= 0.6 is 11.6 Å². The maximum Gasteiger partial charge on any atom is 0.0672 e. The number of nitrogens with zero attached hydrogens (tertiary/aromatic N) is 1. The molecule has 0 heterocycles. The molecular weight excluding hydrogens is 256 g/mol. The topological polar surface area (TPSA) is 35.8 Å². The molecule has 0 saturated heterocycles. The molecule has 1 aromatic carbocycles. The smallest absolute Gasteiger partial charge is 0.0672 e. The van der Waals surface area contributed by atoms with Gasteiger partial charge in [-0.1, -0.05) is 43.0 Å². The van der Waals surface area contributed by atoms with Crippen molar-refractivity contribution in [3.05, 3.63) is 34.9 Å². The van der Waals surface area contributed by atoms with Crippen LogP contribution in [0.5, 0.6) is 0 Å². The summed E-state index contributed by atoms with van der Waals surface area (Å²) in [4.78, 5) is 0. The third kappa shape index (κ3) is 3.96. The molecule has 1 N–H and O–H groups in total. The summed E-state index contributed by atoms with van der Waals surface area (Å²) in [5, 5.41) is 13.7. The van der Waals surface area contributed by atoms with Gasteiger partial charge in [0.05, 0.1) is 12.0 Å². The van der Waals surface area contributed by atoms with E-state index in [2.05, 4.69) is 24.4 Å². The second-order valence-electron chi connectivity index (χ2n) is 5.42. The first-order chi connectivity index (χ1) is 9.20. The lowest BCUT2D eigenvalue weighted by Crippen LogP contribution is -2.36. The van der Waals surface area contributed by atoms with Crippen molar-refractivity contribution in [2.24, 2.45) is 5.92 Å². The number of hydrogen-bond donors (Lipinski definition) is 1. The maximum atomic E-state index is 9.30. The molecule has 0 aromatic heterocycles. The summed E-state index contributed by atoms with van der Waals surface area (Å²) in [6.45, 7) is 2.14. The van der Waals surface area contributed by atoms with E-state index in [0.29, 0.717) is 6.04 Å². The van der Waals surface area contributed by atoms with Gasteiger partial charge >= 0.3 is 0 Å². The SMILES string of the molecule is C[C@@H](NC1CCCCCC1C#N)c1cccc(Cl)c1. The Morgan fingerprint density at radius 1 is 1.32 bits per heavy atom. The number of rotatable bonds is 3. The molecule has 0 bridgehead atoms. The van der Waals surface area contributed by atoms with Gasteiger partial charge in [0.15, 0.2) is 0 Å². The lowest BCUT2D eigenvalue weighted by Gasteiger charge is -2.25. The van der Waals surface area contributed by atoms with Crippen LogP contribution < -0.4 is 5.32 Å². The first-order valence-corrected chi connectivity index (χ1v) is 7.49. The molecule has 1 saturated carbocycles. The van der Waals surface area contributed by atoms with Crippen molar-refractivity contribution >= 4 is 11.6 Å². The lowest BCUT2D eigenvalue weighted by atomic mass is 9.95. The molecule has 2 nitrogen and oxygen atoms in total. The largest absolute Gasteiger partial charge is 0.306 e. The minimum atomic E-state index is 0.143. The number of nitriles is 1. The summed E-state index contributed by atoms with van der Waals surface area (Å²) < 4.78 is 0. The molecule has 1 aliphatic carbocycles. The van der Waals surface area contributed by atoms with Crippen molar-refractivity contribution < 1.29 is 0 Å². The van der Waals surface area contributed by atoms with Crippen LogP contribution in [0.4, 0.5) is 0 Å². The molecule has 102 valence electrons. The number of nitrogens with one attached hydrogen (secondary N) is 1. The van der Waals surface area contributed by atoms with Gasteiger partial charge in [0.25, 0.3) is 0 Å². The van der Waals surface area contributed by atoms with E-state index in [1.54, 1.807) is 0 Å². The van der Waals surface area contributed by atoms with Gasteiger partial charge in [-0.25, -0.2) is 0 Å². The van der Waals surface area contributed by atoms with Gasteiger partial charge in [-0.3, -0.25) is 0 Å². The number of benzene rings is 1. The molecule has 0 amide bonds. The van der Waals surface area contributed by atoms with Crippen LogP contribution in [0.1, 0.15) is 50.6 Å². The van der Waals surface area contributed by atoms with E-state index in [9.17, 15) is 5.26 Å². The van der Waals surface area contributed by atoms with E-state index in [0.717, 1.165) is 17.9 Å². The second-order valence-corrected chi connectivity index (χ2v) is 5.86. The zero-order chi connectivity index (χ0) is 13.7. The van der Waals surface area contributed by atoms with E-state index in [1.807, 2.05) is 18.2 Å². The standard InChI is InChI=1S/C16H21ClN2/c1-12(13-7-5-8-15(17)10-13)19-16-9-4-2-3-6-14(16)11-18/h5,7-8,10,12,14,16,19H,2-4,6,9H2,1H3/t12-,14?,16?/m1/s1. The fourth-order valence-electron chi connectivity index (χ4n) is 2.85. The van der Waals surface area contributed by atoms with E-state index in [-0.39, 0.29) is 12.0 Å². The summed E-state index contributed by atoms with van der Waals surface area (Å²) in [5.41, 5.74) is 1.19. The summed E-state index contributed by atoms with van der Waals surface area (Å²) in [7, 11) is 0. The van der Waals surface area contributed by atoms with Gasteiger partial charge in [0, 0.05) is 17.1 Å². The summed E-state index contributed by atoms with van der Waals surface area (Å²) in [6, 6.07) is 11.0. The molecule has 1 aliphatic rings. The zero-order valence-corrected chi connectivity index (χ0v) is 12.2. The quantitative estimate of drug-likeness (QED) is 0.827. The van der Waals surface area contributed by atoms with Crippen LogP contribution in [0.2, 0.25) is 5.02 Å². The minimum absolute atomic E-state index is 0.143. The summed E-state index contributed by atoms with van der Waals surface area (Å²) in [5.74, 6) is 0.143. The number of hydrogen-bond acceptors (Lipinski definition) is 2. The average Bonchev–Trinajstić information content (AvgIpc) is 2.63. The molecule has 0 spiro atoms. The second kappa shape index (κ2) is 6.93. The number of halogens is 1. The van der Waals surface area contributed by atoms with Crippen LogP contribution in [-0.2, 0) is 0 Å². The predicted octanol–water partition coefficient (Wildman–Crippen LogP) is 4.46. The van der Waals surface area contributed by atoms with Crippen molar-refractivity contribution in [1.29, 1.82) is 5.26 Å².